The van der Waals surface area contributed by atoms with Crippen LogP contribution < -0.4 is 5.32 Å². The summed E-state index contributed by atoms with van der Waals surface area (Å²) in [7, 11) is 0. The van der Waals surface area contributed by atoms with Crippen molar-refractivity contribution in [1.29, 1.82) is 0 Å². The van der Waals surface area contributed by atoms with E-state index in [0.29, 0.717) is 30.0 Å². The van der Waals surface area contributed by atoms with E-state index in [4.69, 9.17) is 16.7 Å². The van der Waals surface area contributed by atoms with Crippen molar-refractivity contribution in [3.8, 4) is 0 Å². The average molecular weight is 268 g/mol. The molecule has 0 aromatic heterocycles. The van der Waals surface area contributed by atoms with Gasteiger partial charge in [0.25, 0.3) is 0 Å². The molecule has 5 heteroatoms. The summed E-state index contributed by atoms with van der Waals surface area (Å²) >= 11 is 5.82. The van der Waals surface area contributed by atoms with Crippen molar-refractivity contribution in [3.05, 3.63) is 29.3 Å². The van der Waals surface area contributed by atoms with Crippen LogP contribution in [0.3, 0.4) is 0 Å². The summed E-state index contributed by atoms with van der Waals surface area (Å²) in [6, 6.07) is 6.91. The van der Waals surface area contributed by atoms with E-state index in [9.17, 15) is 9.59 Å². The number of carboxylic acid groups (broad SMARTS) is 1. The van der Waals surface area contributed by atoms with Crippen molar-refractivity contribution in [1.82, 2.24) is 0 Å². The molecule has 1 aliphatic carbocycles. The van der Waals surface area contributed by atoms with Gasteiger partial charge >= 0.3 is 5.97 Å². The van der Waals surface area contributed by atoms with Crippen molar-refractivity contribution in [2.45, 2.75) is 19.3 Å². The number of hydrogen-bond donors (Lipinski definition) is 2. The molecule has 4 nitrogen and oxygen atoms in total. The summed E-state index contributed by atoms with van der Waals surface area (Å²) < 4.78 is 0. The summed E-state index contributed by atoms with van der Waals surface area (Å²) in [6.45, 7) is 0. The maximum Gasteiger partial charge on any atom is 0.306 e. The molecule has 2 atom stereocenters. The first kappa shape index (κ1) is 12.9. The van der Waals surface area contributed by atoms with Gasteiger partial charge < -0.3 is 10.4 Å². The molecule has 1 aliphatic rings. The van der Waals surface area contributed by atoms with E-state index in [0.717, 1.165) is 0 Å². The molecule has 1 aromatic rings. The molecular formula is C13H14ClNO3. The highest BCUT2D eigenvalue weighted by Gasteiger charge is 2.33. The number of carbonyl (C=O) groups is 2. The van der Waals surface area contributed by atoms with E-state index in [1.165, 1.54) is 0 Å². The molecule has 18 heavy (non-hydrogen) atoms. The van der Waals surface area contributed by atoms with Gasteiger partial charge in [0.2, 0.25) is 5.91 Å². The first-order valence-electron chi connectivity index (χ1n) is 5.85. The largest absolute Gasteiger partial charge is 0.481 e. The lowest BCUT2D eigenvalue weighted by Crippen LogP contribution is -2.21. The van der Waals surface area contributed by atoms with Gasteiger partial charge in [0.1, 0.15) is 0 Å². The molecule has 2 N–H and O–H groups in total. The smallest absolute Gasteiger partial charge is 0.306 e. The molecule has 0 heterocycles. The predicted octanol–water partition coefficient (Wildman–Crippen LogP) is 2.78. The molecule has 1 fully saturated rings. The SMILES string of the molecule is O=C(O)[C@@H]1CC[C@H](C(=O)Nc2cccc(Cl)c2)C1. The van der Waals surface area contributed by atoms with E-state index >= 15 is 0 Å². The van der Waals surface area contributed by atoms with E-state index in [2.05, 4.69) is 5.32 Å². The second kappa shape index (κ2) is 5.40. The lowest BCUT2D eigenvalue weighted by atomic mass is 10.0. The molecule has 0 saturated heterocycles. The standard InChI is InChI=1S/C13H14ClNO3/c14-10-2-1-3-11(7-10)15-12(16)8-4-5-9(6-8)13(17)18/h1-3,7-9H,4-6H2,(H,15,16)(H,17,18)/t8-,9+/m0/s1. The lowest BCUT2D eigenvalue weighted by molar-refractivity contribution is -0.141. The predicted molar refractivity (Wildman–Crippen MR) is 68.5 cm³/mol. The van der Waals surface area contributed by atoms with Crippen molar-refractivity contribution >= 4 is 29.2 Å². The van der Waals surface area contributed by atoms with Crippen LogP contribution in [0.15, 0.2) is 24.3 Å². The summed E-state index contributed by atoms with van der Waals surface area (Å²) in [6.07, 6.45) is 1.62. The minimum atomic E-state index is -0.812. The number of hydrogen-bond acceptors (Lipinski definition) is 2. The molecule has 0 bridgehead atoms. The topological polar surface area (TPSA) is 66.4 Å². The highest BCUT2D eigenvalue weighted by Crippen LogP contribution is 2.32. The van der Waals surface area contributed by atoms with Crippen LogP contribution in [-0.2, 0) is 9.59 Å². The average Bonchev–Trinajstić information content (AvgIpc) is 2.78. The third kappa shape index (κ3) is 3.01. The second-order valence-electron chi connectivity index (χ2n) is 4.54. The summed E-state index contributed by atoms with van der Waals surface area (Å²) in [5.74, 6) is -1.54. The summed E-state index contributed by atoms with van der Waals surface area (Å²) in [5, 5.41) is 12.2. The van der Waals surface area contributed by atoms with Crippen molar-refractivity contribution in [2.75, 3.05) is 5.32 Å². The van der Waals surface area contributed by atoms with Gasteiger partial charge in [-0.15, -0.1) is 0 Å². The Morgan fingerprint density at radius 3 is 2.61 bits per heavy atom. The molecule has 2 rings (SSSR count). The van der Waals surface area contributed by atoms with Crippen LogP contribution in [0, 0.1) is 11.8 Å². The maximum absolute atomic E-state index is 11.9. The van der Waals surface area contributed by atoms with E-state index < -0.39 is 5.97 Å². The summed E-state index contributed by atoms with van der Waals surface area (Å²) in [4.78, 5) is 22.8. The fraction of sp³-hybridized carbons (Fsp3) is 0.385. The fourth-order valence-electron chi connectivity index (χ4n) is 2.25. The molecule has 1 amide bonds. The Kier molecular flexibility index (Phi) is 3.87. The van der Waals surface area contributed by atoms with Crippen LogP contribution in [0.5, 0.6) is 0 Å². The monoisotopic (exact) mass is 267 g/mol. The van der Waals surface area contributed by atoms with Crippen LogP contribution in [0.1, 0.15) is 19.3 Å². The molecule has 0 unspecified atom stereocenters. The highest BCUT2D eigenvalue weighted by molar-refractivity contribution is 6.30. The van der Waals surface area contributed by atoms with Gasteiger partial charge in [-0.2, -0.15) is 0 Å². The second-order valence-corrected chi connectivity index (χ2v) is 4.98. The Morgan fingerprint density at radius 1 is 1.28 bits per heavy atom. The number of anilines is 1. The van der Waals surface area contributed by atoms with Crippen molar-refractivity contribution in [3.63, 3.8) is 0 Å². The number of amides is 1. The zero-order chi connectivity index (χ0) is 13.1. The quantitative estimate of drug-likeness (QED) is 0.885. The Bertz CT molecular complexity index is 475. The Hall–Kier alpha value is -1.55. The zero-order valence-corrected chi connectivity index (χ0v) is 10.5. The van der Waals surface area contributed by atoms with Crippen LogP contribution in [0.2, 0.25) is 5.02 Å². The van der Waals surface area contributed by atoms with Gasteiger partial charge in [0.15, 0.2) is 0 Å². The minimum Gasteiger partial charge on any atom is -0.481 e. The molecule has 0 radical (unpaired) electrons. The van der Waals surface area contributed by atoms with Gasteiger partial charge in [-0.1, -0.05) is 17.7 Å². The van der Waals surface area contributed by atoms with Gasteiger partial charge in [-0.3, -0.25) is 9.59 Å². The molecular weight excluding hydrogens is 254 g/mol. The van der Waals surface area contributed by atoms with Crippen LogP contribution in [0.25, 0.3) is 0 Å². The number of rotatable bonds is 3. The van der Waals surface area contributed by atoms with Crippen LogP contribution in [0.4, 0.5) is 5.69 Å². The minimum absolute atomic E-state index is 0.124. The summed E-state index contributed by atoms with van der Waals surface area (Å²) in [5.41, 5.74) is 0.645. The molecule has 1 saturated carbocycles. The first-order valence-corrected chi connectivity index (χ1v) is 6.23. The van der Waals surface area contributed by atoms with E-state index in [1.807, 2.05) is 0 Å². The van der Waals surface area contributed by atoms with Gasteiger partial charge in [-0.25, -0.2) is 0 Å². The fourth-order valence-corrected chi connectivity index (χ4v) is 2.44. The number of halogens is 1. The number of nitrogens with one attached hydrogen (secondary N) is 1. The third-order valence-electron chi connectivity index (χ3n) is 3.24. The van der Waals surface area contributed by atoms with Crippen LogP contribution in [-0.4, -0.2) is 17.0 Å². The van der Waals surface area contributed by atoms with Gasteiger partial charge in [0.05, 0.1) is 5.92 Å². The maximum atomic E-state index is 11.9. The molecule has 1 aromatic carbocycles. The van der Waals surface area contributed by atoms with Gasteiger partial charge in [-0.05, 0) is 37.5 Å². The molecule has 0 aliphatic heterocycles. The normalized spacial score (nSPS) is 22.7. The lowest BCUT2D eigenvalue weighted by Gasteiger charge is -2.10. The Labute approximate surface area is 110 Å². The van der Waals surface area contributed by atoms with E-state index in [-0.39, 0.29) is 17.7 Å². The number of benzene rings is 1. The van der Waals surface area contributed by atoms with Gasteiger partial charge in [0, 0.05) is 16.6 Å². The number of carbonyl (C=O) groups excluding carboxylic acids is 1. The van der Waals surface area contributed by atoms with Crippen molar-refractivity contribution < 1.29 is 14.7 Å². The Balaban J connectivity index is 1.95. The van der Waals surface area contributed by atoms with E-state index in [1.54, 1.807) is 24.3 Å². The van der Waals surface area contributed by atoms with Crippen LogP contribution >= 0.6 is 11.6 Å². The molecule has 0 spiro atoms. The number of aliphatic carboxylic acids is 1. The third-order valence-corrected chi connectivity index (χ3v) is 3.48. The Morgan fingerprint density at radius 2 is 2.00 bits per heavy atom. The first-order chi connectivity index (χ1) is 8.56. The highest BCUT2D eigenvalue weighted by atomic mass is 35.5. The molecule has 96 valence electrons. The van der Waals surface area contributed by atoms with Crippen molar-refractivity contribution in [2.24, 2.45) is 11.8 Å². The zero-order valence-electron chi connectivity index (χ0n) is 9.73. The number of carboxylic acids is 1.